The van der Waals surface area contributed by atoms with Gasteiger partial charge in [-0.3, -0.25) is 4.98 Å². The van der Waals surface area contributed by atoms with E-state index >= 15 is 0 Å². The van der Waals surface area contributed by atoms with Gasteiger partial charge in [-0.25, -0.2) is 4.98 Å². The van der Waals surface area contributed by atoms with Gasteiger partial charge in [0.15, 0.2) is 10.8 Å². The van der Waals surface area contributed by atoms with Crippen molar-refractivity contribution >= 4 is 29.1 Å². The van der Waals surface area contributed by atoms with E-state index in [1.807, 2.05) is 30.3 Å². The molecule has 0 radical (unpaired) electrons. The van der Waals surface area contributed by atoms with Gasteiger partial charge in [0.25, 0.3) is 0 Å². The molecule has 2 aromatic heterocycles. The quantitative estimate of drug-likeness (QED) is 0.609. The van der Waals surface area contributed by atoms with E-state index in [0.29, 0.717) is 19.6 Å². The van der Waals surface area contributed by atoms with Crippen molar-refractivity contribution in [3.05, 3.63) is 77.2 Å². The largest absolute Gasteiger partial charge is 0.433 e. The summed E-state index contributed by atoms with van der Waals surface area (Å²) in [6.07, 6.45) is -1.29. The number of hydrogen-bond acceptors (Lipinski definition) is 5. The highest BCUT2D eigenvalue weighted by molar-refractivity contribution is 7.80. The molecule has 3 heterocycles. The Morgan fingerprint density at radius 3 is 2.43 bits per heavy atom. The summed E-state index contributed by atoms with van der Waals surface area (Å²) < 4.78 is 40.2. The summed E-state index contributed by atoms with van der Waals surface area (Å²) in [5.41, 5.74) is 1.98. The number of halogens is 3. The van der Waals surface area contributed by atoms with Crippen LogP contribution in [0.15, 0.2) is 54.9 Å². The molecule has 30 heavy (non-hydrogen) atoms. The third-order valence-corrected chi connectivity index (χ3v) is 4.82. The van der Waals surface area contributed by atoms with Crippen LogP contribution < -0.4 is 15.5 Å². The van der Waals surface area contributed by atoms with Crippen LogP contribution in [0.5, 0.6) is 0 Å². The molecule has 0 atom stereocenters. The highest BCUT2D eigenvalue weighted by Gasteiger charge is 2.35. The molecule has 0 aliphatic carbocycles. The predicted molar refractivity (Wildman–Crippen MR) is 111 cm³/mol. The van der Waals surface area contributed by atoms with Gasteiger partial charge in [0.05, 0.1) is 0 Å². The van der Waals surface area contributed by atoms with Crippen LogP contribution in [-0.4, -0.2) is 20.1 Å². The molecule has 0 amide bonds. The summed E-state index contributed by atoms with van der Waals surface area (Å²) in [7, 11) is 0. The van der Waals surface area contributed by atoms with Crippen molar-refractivity contribution in [1.29, 1.82) is 0 Å². The van der Waals surface area contributed by atoms with Crippen LogP contribution >= 0.6 is 12.2 Å². The zero-order valence-corrected chi connectivity index (χ0v) is 16.5. The minimum absolute atomic E-state index is 0.119. The molecular formula is C20H17F3N6S. The lowest BCUT2D eigenvalue weighted by Gasteiger charge is -2.19. The zero-order valence-electron chi connectivity index (χ0n) is 15.6. The minimum atomic E-state index is -4.61. The Labute approximate surface area is 176 Å². The Morgan fingerprint density at radius 2 is 1.80 bits per heavy atom. The van der Waals surface area contributed by atoms with Gasteiger partial charge in [0, 0.05) is 38.1 Å². The summed E-state index contributed by atoms with van der Waals surface area (Å²) in [4.78, 5) is 13.7. The minimum Gasteiger partial charge on any atom is -0.358 e. The van der Waals surface area contributed by atoms with Crippen molar-refractivity contribution in [3.63, 3.8) is 0 Å². The van der Waals surface area contributed by atoms with E-state index in [-0.39, 0.29) is 16.9 Å². The summed E-state index contributed by atoms with van der Waals surface area (Å²) in [6, 6.07) is 12.3. The lowest BCUT2D eigenvalue weighted by Crippen LogP contribution is -2.29. The van der Waals surface area contributed by atoms with Gasteiger partial charge in [0.2, 0.25) is 5.95 Å². The van der Waals surface area contributed by atoms with E-state index in [9.17, 15) is 13.2 Å². The van der Waals surface area contributed by atoms with Gasteiger partial charge < -0.3 is 15.5 Å². The Balaban J connectivity index is 1.52. The van der Waals surface area contributed by atoms with Crippen molar-refractivity contribution in [2.45, 2.75) is 25.8 Å². The van der Waals surface area contributed by atoms with Gasteiger partial charge >= 0.3 is 6.18 Å². The SMILES string of the molecule is FC(F)(F)c1cc(N2Cc3ccccc3C2)nc(NC(=S)NCc2cccnc2)n1. The first-order valence-corrected chi connectivity index (χ1v) is 9.51. The molecule has 10 heteroatoms. The predicted octanol–water partition coefficient (Wildman–Crippen LogP) is 3.90. The molecule has 0 saturated heterocycles. The number of rotatable bonds is 4. The monoisotopic (exact) mass is 430 g/mol. The second-order valence-electron chi connectivity index (χ2n) is 6.73. The molecule has 0 bridgehead atoms. The highest BCUT2D eigenvalue weighted by atomic mass is 32.1. The number of benzene rings is 1. The molecule has 1 aliphatic heterocycles. The Kier molecular flexibility index (Phi) is 5.49. The van der Waals surface area contributed by atoms with Crippen LogP contribution in [0, 0.1) is 0 Å². The number of aromatic nitrogens is 3. The number of hydrogen-bond donors (Lipinski definition) is 2. The Morgan fingerprint density at radius 1 is 1.07 bits per heavy atom. The molecule has 3 aromatic rings. The Bertz CT molecular complexity index is 1030. The van der Waals surface area contributed by atoms with Gasteiger partial charge in [0.1, 0.15) is 5.82 Å². The number of anilines is 2. The zero-order chi connectivity index (χ0) is 21.1. The second-order valence-corrected chi connectivity index (χ2v) is 7.13. The molecule has 1 aromatic carbocycles. The molecule has 154 valence electrons. The van der Waals surface area contributed by atoms with Gasteiger partial charge in [-0.15, -0.1) is 0 Å². The van der Waals surface area contributed by atoms with E-state index in [1.54, 1.807) is 23.4 Å². The normalized spacial score (nSPS) is 13.1. The van der Waals surface area contributed by atoms with Gasteiger partial charge in [-0.2, -0.15) is 18.2 Å². The van der Waals surface area contributed by atoms with Crippen LogP contribution in [0.25, 0.3) is 0 Å². The second kappa shape index (κ2) is 8.23. The third kappa shape index (κ3) is 4.65. The molecule has 6 nitrogen and oxygen atoms in total. The van der Waals surface area contributed by atoms with Crippen LogP contribution in [-0.2, 0) is 25.8 Å². The van der Waals surface area contributed by atoms with Gasteiger partial charge in [-0.05, 0) is 35.0 Å². The molecular weight excluding hydrogens is 413 g/mol. The van der Waals surface area contributed by atoms with E-state index in [1.165, 1.54) is 0 Å². The van der Waals surface area contributed by atoms with Gasteiger partial charge in [-0.1, -0.05) is 30.3 Å². The first kappa shape index (κ1) is 20.0. The number of fused-ring (bicyclic) bond motifs is 1. The molecule has 1 aliphatic rings. The fourth-order valence-corrected chi connectivity index (χ4v) is 3.29. The lowest BCUT2D eigenvalue weighted by atomic mass is 10.1. The van der Waals surface area contributed by atoms with E-state index < -0.39 is 11.9 Å². The molecule has 4 rings (SSSR count). The van der Waals surface area contributed by atoms with E-state index in [4.69, 9.17) is 12.2 Å². The maximum Gasteiger partial charge on any atom is 0.433 e. The highest BCUT2D eigenvalue weighted by Crippen LogP contribution is 2.33. The standard InChI is InChI=1S/C20H17F3N6S/c21-20(22,23)16-8-17(29-11-14-5-1-2-6-15(14)12-29)27-18(26-16)28-19(30)25-10-13-4-3-7-24-9-13/h1-9H,10-12H2,(H2,25,26,27,28,30). The van der Waals surface area contributed by atoms with Crippen molar-refractivity contribution in [2.75, 3.05) is 10.2 Å². The average molecular weight is 430 g/mol. The summed E-state index contributed by atoms with van der Waals surface area (Å²) in [5, 5.41) is 5.69. The summed E-state index contributed by atoms with van der Waals surface area (Å²) in [5.74, 6) is -0.0226. The number of pyridine rings is 1. The molecule has 0 fully saturated rings. The first-order chi connectivity index (χ1) is 14.4. The lowest BCUT2D eigenvalue weighted by molar-refractivity contribution is -0.141. The summed E-state index contributed by atoms with van der Waals surface area (Å²) in [6.45, 7) is 1.33. The number of nitrogens with one attached hydrogen (secondary N) is 2. The van der Waals surface area contributed by atoms with E-state index in [0.717, 1.165) is 22.8 Å². The molecule has 2 N–H and O–H groups in total. The maximum atomic E-state index is 13.4. The Hall–Kier alpha value is -3.27. The number of alkyl halides is 3. The smallest absolute Gasteiger partial charge is 0.358 e. The van der Waals surface area contributed by atoms with E-state index in [2.05, 4.69) is 25.6 Å². The van der Waals surface area contributed by atoms with Crippen LogP contribution in [0.3, 0.4) is 0 Å². The average Bonchev–Trinajstić information content (AvgIpc) is 3.17. The number of thiocarbonyl (C=S) groups is 1. The first-order valence-electron chi connectivity index (χ1n) is 9.10. The third-order valence-electron chi connectivity index (χ3n) is 4.57. The fourth-order valence-electron chi connectivity index (χ4n) is 3.12. The van der Waals surface area contributed by atoms with Crippen molar-refractivity contribution < 1.29 is 13.2 Å². The fraction of sp³-hybridized carbons (Fsp3) is 0.200. The maximum absolute atomic E-state index is 13.4. The van der Waals surface area contributed by atoms with Crippen LogP contribution in [0.1, 0.15) is 22.4 Å². The van der Waals surface area contributed by atoms with Crippen LogP contribution in [0.4, 0.5) is 24.9 Å². The topological polar surface area (TPSA) is 66.0 Å². The molecule has 0 unspecified atom stereocenters. The molecule has 0 saturated carbocycles. The van der Waals surface area contributed by atoms with Crippen molar-refractivity contribution in [2.24, 2.45) is 0 Å². The number of nitrogens with zero attached hydrogens (tertiary/aromatic N) is 4. The van der Waals surface area contributed by atoms with Crippen LogP contribution in [0.2, 0.25) is 0 Å². The summed E-state index contributed by atoms with van der Waals surface area (Å²) >= 11 is 5.19. The van der Waals surface area contributed by atoms with Crippen molar-refractivity contribution in [1.82, 2.24) is 20.3 Å². The van der Waals surface area contributed by atoms with Crippen molar-refractivity contribution in [3.8, 4) is 0 Å². The molecule has 0 spiro atoms.